The van der Waals surface area contributed by atoms with Crippen LogP contribution in [0.1, 0.15) is 118 Å². The van der Waals surface area contributed by atoms with Gasteiger partial charge >= 0.3 is 7.60 Å². The zero-order valence-corrected chi connectivity index (χ0v) is 27.7. The van der Waals surface area contributed by atoms with Crippen molar-refractivity contribution in [3.05, 3.63) is 16.7 Å². The summed E-state index contributed by atoms with van der Waals surface area (Å²) < 4.78 is 37.3. The number of hydrogen-bond donors (Lipinski definition) is 3. The van der Waals surface area contributed by atoms with Crippen molar-refractivity contribution >= 4 is 24.7 Å². The molecule has 0 fully saturated rings. The molecule has 12 nitrogen and oxygen atoms in total. The number of anilines is 1. The molecule has 0 aliphatic carbocycles. The molecule has 0 aromatic carbocycles. The number of nitrogen functional groups attached to an aromatic ring is 1. The number of H-pyrrole nitrogens is 1. The summed E-state index contributed by atoms with van der Waals surface area (Å²) in [5.74, 6) is -0.0339. The molecule has 13 heteroatoms. The van der Waals surface area contributed by atoms with Crippen molar-refractivity contribution in [3.63, 3.8) is 0 Å². The van der Waals surface area contributed by atoms with Crippen LogP contribution in [0.2, 0.25) is 0 Å². The second kappa shape index (κ2) is 21.0. The first kappa shape index (κ1) is 37.4. The summed E-state index contributed by atoms with van der Waals surface area (Å²) in [5.41, 5.74) is 5.67. The van der Waals surface area contributed by atoms with Crippen LogP contribution in [0.4, 0.5) is 5.95 Å². The van der Waals surface area contributed by atoms with Crippen LogP contribution in [-0.2, 0) is 29.8 Å². The van der Waals surface area contributed by atoms with Gasteiger partial charge in [-0.3, -0.25) is 18.9 Å². The van der Waals surface area contributed by atoms with E-state index in [9.17, 15) is 14.3 Å². The molecule has 4 atom stereocenters. The van der Waals surface area contributed by atoms with Crippen molar-refractivity contribution in [1.29, 1.82) is 0 Å². The van der Waals surface area contributed by atoms with Crippen molar-refractivity contribution in [3.8, 4) is 0 Å². The lowest BCUT2D eigenvalue weighted by Gasteiger charge is -2.25. The molecule has 248 valence electrons. The zero-order valence-electron chi connectivity index (χ0n) is 26.8. The summed E-state index contributed by atoms with van der Waals surface area (Å²) in [4.78, 5) is 33.3. The van der Waals surface area contributed by atoms with E-state index in [1.807, 2.05) is 20.8 Å². The summed E-state index contributed by atoms with van der Waals surface area (Å²) in [6, 6.07) is 0. The number of ether oxygens (including phenoxy) is 3. The predicted molar refractivity (Wildman–Crippen MR) is 170 cm³/mol. The molecule has 2 aromatic rings. The highest BCUT2D eigenvalue weighted by Crippen LogP contribution is 2.44. The van der Waals surface area contributed by atoms with Crippen LogP contribution >= 0.6 is 7.60 Å². The smallest absolute Gasteiger partial charge is 0.355 e. The Morgan fingerprint density at radius 2 is 1.65 bits per heavy atom. The number of aromatic amines is 1. The molecule has 0 amide bonds. The van der Waals surface area contributed by atoms with E-state index in [0.29, 0.717) is 13.0 Å². The van der Waals surface area contributed by atoms with E-state index >= 15 is 0 Å². The maximum Gasteiger partial charge on any atom is 0.355 e. The first-order valence-electron chi connectivity index (χ1n) is 16.2. The van der Waals surface area contributed by atoms with Crippen molar-refractivity contribution in [1.82, 2.24) is 19.5 Å². The van der Waals surface area contributed by atoms with Gasteiger partial charge in [-0.2, -0.15) is 4.98 Å². The molecule has 0 spiro atoms. The maximum atomic E-state index is 12.9. The third-order valence-corrected chi connectivity index (χ3v) is 8.38. The molecule has 2 heterocycles. The molecule has 2 aromatic heterocycles. The molecule has 0 saturated carbocycles. The number of fused-ring (bicyclic) bond motifs is 1. The van der Waals surface area contributed by atoms with E-state index in [4.69, 9.17) is 24.5 Å². The minimum atomic E-state index is -4.14. The van der Waals surface area contributed by atoms with Crippen molar-refractivity contribution in [2.24, 2.45) is 0 Å². The molecule has 0 saturated heterocycles. The predicted octanol–water partition coefficient (Wildman–Crippen LogP) is 6.52. The number of nitrogens with two attached hydrogens (primary N) is 1. The van der Waals surface area contributed by atoms with E-state index in [0.717, 1.165) is 19.3 Å². The first-order chi connectivity index (χ1) is 20.7. The summed E-state index contributed by atoms with van der Waals surface area (Å²) in [7, 11) is -4.14. The van der Waals surface area contributed by atoms with Gasteiger partial charge < -0.3 is 29.4 Å². The van der Waals surface area contributed by atoms with E-state index in [-0.39, 0.29) is 36.4 Å². The fraction of sp³-hybridized carbons (Fsp3) is 0.833. The molecule has 0 aliphatic rings. The summed E-state index contributed by atoms with van der Waals surface area (Å²) in [6.45, 7) is 8.69. The fourth-order valence-electron chi connectivity index (χ4n) is 4.94. The summed E-state index contributed by atoms with van der Waals surface area (Å²) in [5, 5.41) is 0. The molecule has 43 heavy (non-hydrogen) atoms. The van der Waals surface area contributed by atoms with Crippen molar-refractivity contribution in [2.75, 3.05) is 25.3 Å². The molecular formula is C30H56N5O7P. The fourth-order valence-corrected chi connectivity index (χ4v) is 5.96. The second-order valence-corrected chi connectivity index (χ2v) is 13.0. The second-order valence-electron chi connectivity index (χ2n) is 11.3. The number of imidazole rings is 1. The van der Waals surface area contributed by atoms with Gasteiger partial charge in [0.2, 0.25) is 5.95 Å². The third-order valence-electron chi connectivity index (χ3n) is 7.34. The van der Waals surface area contributed by atoms with Gasteiger partial charge in [0.1, 0.15) is 6.35 Å². The Morgan fingerprint density at radius 1 is 1.02 bits per heavy atom. The molecule has 4 N–H and O–H groups in total. The van der Waals surface area contributed by atoms with Crippen LogP contribution < -0.4 is 11.3 Å². The summed E-state index contributed by atoms with van der Waals surface area (Å²) in [6.07, 6.45) is 16.2. The molecule has 2 rings (SSSR count). The summed E-state index contributed by atoms with van der Waals surface area (Å²) >= 11 is 0. The monoisotopic (exact) mass is 629 g/mol. The van der Waals surface area contributed by atoms with Gasteiger partial charge in [0.15, 0.2) is 17.5 Å². The Kier molecular flexibility index (Phi) is 18.3. The highest BCUT2D eigenvalue weighted by Gasteiger charge is 2.28. The van der Waals surface area contributed by atoms with Gasteiger partial charge in [-0.15, -0.1) is 0 Å². The minimum absolute atomic E-state index is 0.0339. The zero-order chi connectivity index (χ0) is 31.5. The van der Waals surface area contributed by atoms with Gasteiger partial charge in [-0.05, 0) is 26.7 Å². The van der Waals surface area contributed by atoms with Crippen molar-refractivity contribution < 1.29 is 28.2 Å². The highest BCUT2D eigenvalue weighted by atomic mass is 31.2. The van der Waals surface area contributed by atoms with Crippen LogP contribution in [0.5, 0.6) is 0 Å². The lowest BCUT2D eigenvalue weighted by atomic mass is 10.0. The number of aromatic nitrogens is 4. The van der Waals surface area contributed by atoms with E-state index < -0.39 is 31.9 Å². The topological polar surface area (TPSA) is 164 Å². The van der Waals surface area contributed by atoms with E-state index in [1.54, 1.807) is 4.57 Å². The standard InChI is InChI=1S/C30H56N5O7P/c1-5-8-9-10-11-12-13-14-15-16-17-18-19-24(4)41-26(6-2)42-43(37,38)23-40-25(21-39-7-3)20-35-22-32-27-28(35)33-30(31)34-29(27)36/h22,24-26H,5-21,23H2,1-4H3,(H,37,38)(H3,31,33,34,36)/t24?,25-,26?/m0/s1. The molecule has 0 bridgehead atoms. The Labute approximate surface area is 257 Å². The van der Waals surface area contributed by atoms with Gasteiger partial charge in [0.25, 0.3) is 5.56 Å². The Hall–Kier alpha value is -1.82. The molecule has 3 unspecified atom stereocenters. The van der Waals surface area contributed by atoms with Gasteiger partial charge in [-0.1, -0.05) is 90.9 Å². The Balaban J connectivity index is 1.72. The van der Waals surface area contributed by atoms with Crippen LogP contribution in [0.25, 0.3) is 11.2 Å². The number of hydrogen-bond acceptors (Lipinski definition) is 9. The minimum Gasteiger partial charge on any atom is -0.379 e. The van der Waals surface area contributed by atoms with Gasteiger partial charge in [-0.25, -0.2) is 4.98 Å². The SMILES string of the molecule is CCCCCCCCCCCCCCC(C)OC(CC)OP(=O)(O)CO[C@H](COCC)Cn1cnc2c(=O)[nH]c(N)nc21. The Morgan fingerprint density at radius 3 is 2.26 bits per heavy atom. The molecule has 0 aliphatic heterocycles. The van der Waals surface area contributed by atoms with Crippen LogP contribution in [0.3, 0.4) is 0 Å². The van der Waals surface area contributed by atoms with Gasteiger partial charge in [0.05, 0.1) is 31.7 Å². The first-order valence-corrected chi connectivity index (χ1v) is 18.0. The largest absolute Gasteiger partial charge is 0.379 e. The molecular weight excluding hydrogens is 573 g/mol. The average molecular weight is 630 g/mol. The average Bonchev–Trinajstić information content (AvgIpc) is 3.37. The van der Waals surface area contributed by atoms with E-state index in [2.05, 4.69) is 21.9 Å². The third kappa shape index (κ3) is 15.1. The quantitative estimate of drug-likeness (QED) is 0.0593. The van der Waals surface area contributed by atoms with Crippen LogP contribution in [0.15, 0.2) is 11.1 Å². The van der Waals surface area contributed by atoms with Crippen LogP contribution in [-0.4, -0.2) is 62.5 Å². The number of unbranched alkanes of at least 4 members (excludes halogenated alkanes) is 11. The lowest BCUT2D eigenvalue weighted by Crippen LogP contribution is -2.27. The number of nitrogens with zero attached hydrogens (tertiary/aromatic N) is 3. The van der Waals surface area contributed by atoms with Gasteiger partial charge in [0, 0.05) is 6.61 Å². The van der Waals surface area contributed by atoms with Crippen LogP contribution in [0, 0.1) is 0 Å². The Bertz CT molecular complexity index is 1130. The highest BCUT2D eigenvalue weighted by molar-refractivity contribution is 7.52. The van der Waals surface area contributed by atoms with E-state index in [1.165, 1.54) is 70.5 Å². The number of nitrogens with one attached hydrogen (secondary N) is 1. The normalized spacial score (nSPS) is 15.5. The van der Waals surface area contributed by atoms with Crippen molar-refractivity contribution in [2.45, 2.75) is 143 Å². The molecule has 0 radical (unpaired) electrons. The number of rotatable bonds is 26. The lowest BCUT2D eigenvalue weighted by molar-refractivity contribution is -0.123. The maximum absolute atomic E-state index is 12.9.